The zero-order valence-corrected chi connectivity index (χ0v) is 16.7. The highest BCUT2D eigenvalue weighted by atomic mass is 32.1. The lowest BCUT2D eigenvalue weighted by Gasteiger charge is -2.06. The Balaban J connectivity index is 1.96. The molecule has 8 nitrogen and oxygen atoms in total. The third-order valence-electron chi connectivity index (χ3n) is 4.14. The van der Waals surface area contributed by atoms with Crippen molar-refractivity contribution in [2.45, 2.75) is 13.5 Å². The summed E-state index contributed by atoms with van der Waals surface area (Å²) in [7, 11) is 0. The van der Waals surface area contributed by atoms with Crippen molar-refractivity contribution in [3.8, 4) is 6.07 Å². The Morgan fingerprint density at radius 3 is 2.70 bits per heavy atom. The summed E-state index contributed by atoms with van der Waals surface area (Å²) < 4.78 is 1.79. The monoisotopic (exact) mass is 420 g/mol. The summed E-state index contributed by atoms with van der Waals surface area (Å²) in [4.78, 5) is 35.7. The summed E-state index contributed by atoms with van der Waals surface area (Å²) in [6, 6.07) is 15.0. The average Bonchev–Trinajstić information content (AvgIpc) is 2.99. The number of carbonyl (C=O) groups excluding carboxylic acids is 1. The number of hydrogen-bond acceptors (Lipinski definition) is 6. The van der Waals surface area contributed by atoms with Crippen LogP contribution in [0.2, 0.25) is 0 Å². The number of thiazole rings is 1. The number of rotatable bonds is 5. The van der Waals surface area contributed by atoms with Crippen LogP contribution < -0.4 is 20.1 Å². The topological polar surface area (TPSA) is 118 Å². The molecule has 2 aromatic carbocycles. The highest BCUT2D eigenvalue weighted by Crippen LogP contribution is 2.13. The zero-order chi connectivity index (χ0) is 21.7. The van der Waals surface area contributed by atoms with Crippen LogP contribution >= 0.6 is 11.3 Å². The van der Waals surface area contributed by atoms with Crippen molar-refractivity contribution in [1.82, 2.24) is 4.57 Å². The Morgan fingerprint density at radius 1 is 1.30 bits per heavy atom. The van der Waals surface area contributed by atoms with Crippen molar-refractivity contribution in [3.63, 3.8) is 0 Å². The highest BCUT2D eigenvalue weighted by molar-refractivity contribution is 7.07. The molecule has 0 saturated heterocycles. The summed E-state index contributed by atoms with van der Waals surface area (Å²) >= 11 is 1.04. The molecule has 0 saturated carbocycles. The predicted octanol–water partition coefficient (Wildman–Crippen LogP) is 1.90. The highest BCUT2D eigenvalue weighted by Gasteiger charge is 2.11. The van der Waals surface area contributed by atoms with Crippen LogP contribution in [0, 0.1) is 28.4 Å². The minimum atomic E-state index is -0.519. The number of nitrogens with one attached hydrogen (secondary N) is 1. The molecule has 0 fully saturated rings. The Hall–Kier alpha value is -4.03. The molecule has 1 heterocycles. The van der Waals surface area contributed by atoms with Crippen molar-refractivity contribution in [2.24, 2.45) is 0 Å². The Bertz CT molecular complexity index is 1330. The van der Waals surface area contributed by atoms with E-state index >= 15 is 0 Å². The van der Waals surface area contributed by atoms with E-state index in [9.17, 15) is 19.7 Å². The lowest BCUT2D eigenvalue weighted by atomic mass is 10.2. The molecule has 9 heteroatoms. The third kappa shape index (κ3) is 4.87. The van der Waals surface area contributed by atoms with Crippen molar-refractivity contribution in [2.75, 3.05) is 5.32 Å². The number of aryl methyl sites for hydroxylation is 1. The summed E-state index contributed by atoms with van der Waals surface area (Å²) in [6.45, 7) is 1.67. The number of anilines is 1. The SMILES string of the molecule is Cc1ccc(NC(=O)Cn2c(=O)/c(=C\c3cccc([N+](=O)[O-])c3)s/c2=C/C#N)cc1. The summed E-state index contributed by atoms with van der Waals surface area (Å²) in [5.74, 6) is -0.409. The van der Waals surface area contributed by atoms with E-state index in [1.807, 2.05) is 25.1 Å². The molecule has 1 aromatic heterocycles. The number of benzene rings is 2. The summed E-state index contributed by atoms with van der Waals surface area (Å²) in [6.07, 6.45) is 2.69. The molecule has 1 amide bonds. The Labute approximate surface area is 174 Å². The van der Waals surface area contributed by atoms with Crippen LogP contribution in [0.25, 0.3) is 12.2 Å². The first-order valence-corrected chi connectivity index (χ1v) is 9.61. The second-order valence-electron chi connectivity index (χ2n) is 6.38. The van der Waals surface area contributed by atoms with Crippen molar-refractivity contribution in [1.29, 1.82) is 5.26 Å². The van der Waals surface area contributed by atoms with Crippen molar-refractivity contribution in [3.05, 3.63) is 89.3 Å². The van der Waals surface area contributed by atoms with Crippen LogP contribution in [0.5, 0.6) is 0 Å². The normalized spacial score (nSPS) is 11.9. The average molecular weight is 420 g/mol. The van der Waals surface area contributed by atoms with Gasteiger partial charge in [-0.05, 0) is 30.7 Å². The van der Waals surface area contributed by atoms with Gasteiger partial charge in [0, 0.05) is 23.9 Å². The fourth-order valence-corrected chi connectivity index (χ4v) is 3.70. The maximum atomic E-state index is 12.8. The van der Waals surface area contributed by atoms with Gasteiger partial charge < -0.3 is 5.32 Å². The number of aromatic nitrogens is 1. The molecular formula is C21H16N4O4S. The predicted molar refractivity (Wildman–Crippen MR) is 114 cm³/mol. The van der Waals surface area contributed by atoms with Crippen LogP contribution in [0.3, 0.4) is 0 Å². The summed E-state index contributed by atoms with van der Waals surface area (Å²) in [5.41, 5.74) is 1.58. The van der Waals surface area contributed by atoms with Crippen molar-refractivity contribution >= 4 is 40.8 Å². The van der Waals surface area contributed by atoms with E-state index in [0.717, 1.165) is 16.9 Å². The van der Waals surface area contributed by atoms with Gasteiger partial charge in [0.25, 0.3) is 11.2 Å². The third-order valence-corrected chi connectivity index (χ3v) is 5.20. The maximum Gasteiger partial charge on any atom is 0.270 e. The standard InChI is InChI=1S/C21H16N4O4S/c1-14-5-7-16(8-6-14)23-19(26)13-24-20(9-10-22)30-18(21(24)27)12-15-3-2-4-17(11-15)25(28)29/h2-9,11-12H,13H2,1H3,(H,23,26)/b18-12+,20-9+. The Morgan fingerprint density at radius 2 is 2.03 bits per heavy atom. The number of hydrogen-bond donors (Lipinski definition) is 1. The molecule has 0 atom stereocenters. The van der Waals surface area contributed by atoms with E-state index < -0.39 is 16.4 Å². The smallest absolute Gasteiger partial charge is 0.270 e. The Kier molecular flexibility index (Phi) is 6.20. The molecule has 30 heavy (non-hydrogen) atoms. The van der Waals surface area contributed by atoms with Gasteiger partial charge in [-0.2, -0.15) is 5.26 Å². The fraction of sp³-hybridized carbons (Fsp3) is 0.0952. The molecule has 0 aliphatic heterocycles. The first kappa shape index (κ1) is 20.7. The van der Waals surface area contributed by atoms with E-state index in [1.54, 1.807) is 18.2 Å². The minimum absolute atomic E-state index is 0.0954. The van der Waals surface area contributed by atoms with Gasteiger partial charge >= 0.3 is 0 Å². The van der Waals surface area contributed by atoms with Crippen molar-refractivity contribution < 1.29 is 9.72 Å². The van der Waals surface area contributed by atoms with Gasteiger partial charge in [0.2, 0.25) is 5.91 Å². The van der Waals surface area contributed by atoms with Crippen LogP contribution in [0.1, 0.15) is 11.1 Å². The fourth-order valence-electron chi connectivity index (χ4n) is 2.71. The lowest BCUT2D eigenvalue weighted by molar-refractivity contribution is -0.384. The number of carbonyl (C=O) groups is 1. The van der Waals surface area contributed by atoms with Crippen LogP contribution in [-0.4, -0.2) is 15.4 Å². The van der Waals surface area contributed by atoms with Crippen LogP contribution in [-0.2, 0) is 11.3 Å². The zero-order valence-electron chi connectivity index (χ0n) is 15.9. The molecule has 0 radical (unpaired) electrons. The van der Waals surface area contributed by atoms with E-state index in [1.165, 1.54) is 34.9 Å². The van der Waals surface area contributed by atoms with Gasteiger partial charge in [-0.1, -0.05) is 29.8 Å². The molecule has 3 rings (SSSR count). The van der Waals surface area contributed by atoms with Gasteiger partial charge in [-0.25, -0.2) is 0 Å². The van der Waals surface area contributed by atoms with Gasteiger partial charge in [0.15, 0.2) is 0 Å². The molecule has 0 bridgehead atoms. The van der Waals surface area contributed by atoms with E-state index in [0.29, 0.717) is 15.9 Å². The number of nitro benzene ring substituents is 1. The molecule has 1 N–H and O–H groups in total. The van der Waals surface area contributed by atoms with E-state index in [2.05, 4.69) is 5.32 Å². The van der Waals surface area contributed by atoms with Crippen LogP contribution in [0.4, 0.5) is 11.4 Å². The maximum absolute atomic E-state index is 12.8. The van der Waals surface area contributed by atoms with Gasteiger partial charge in [-0.15, -0.1) is 11.3 Å². The number of nitro groups is 1. The second-order valence-corrected chi connectivity index (χ2v) is 7.44. The molecule has 0 unspecified atom stereocenters. The molecule has 3 aromatic rings. The summed E-state index contributed by atoms with van der Waals surface area (Å²) in [5, 5.41) is 22.7. The van der Waals surface area contributed by atoms with E-state index in [4.69, 9.17) is 5.26 Å². The first-order valence-electron chi connectivity index (χ1n) is 8.79. The van der Waals surface area contributed by atoms with Gasteiger partial charge in [-0.3, -0.25) is 24.3 Å². The minimum Gasteiger partial charge on any atom is -0.325 e. The quantitative estimate of drug-likeness (QED) is 0.500. The first-order chi connectivity index (χ1) is 14.4. The van der Waals surface area contributed by atoms with Gasteiger partial charge in [0.05, 0.1) is 15.5 Å². The molecule has 0 spiro atoms. The van der Waals surface area contributed by atoms with Crippen LogP contribution in [0.15, 0.2) is 53.3 Å². The number of nitriles is 1. The number of nitrogens with zero attached hydrogens (tertiary/aromatic N) is 3. The lowest BCUT2D eigenvalue weighted by Crippen LogP contribution is -2.35. The van der Waals surface area contributed by atoms with E-state index in [-0.39, 0.29) is 16.8 Å². The molecule has 0 aliphatic rings. The number of non-ortho nitro benzene ring substituents is 1. The largest absolute Gasteiger partial charge is 0.325 e. The number of amides is 1. The van der Waals surface area contributed by atoms with Gasteiger partial charge in [0.1, 0.15) is 11.2 Å². The molecule has 150 valence electrons. The molecule has 0 aliphatic carbocycles. The second kappa shape index (κ2) is 8.98. The molecular weight excluding hydrogens is 404 g/mol.